The lowest BCUT2D eigenvalue weighted by Gasteiger charge is -2.20. The van der Waals surface area contributed by atoms with Crippen molar-refractivity contribution < 1.29 is 0 Å². The zero-order chi connectivity index (χ0) is 14.7. The molecule has 1 atom stereocenters. The summed E-state index contributed by atoms with van der Waals surface area (Å²) in [4.78, 5) is 0. The summed E-state index contributed by atoms with van der Waals surface area (Å²) < 4.78 is 0. The van der Waals surface area contributed by atoms with E-state index >= 15 is 0 Å². The molecule has 1 N–H and O–H groups in total. The number of hydrogen-bond donors (Lipinski definition) is 1. The van der Waals surface area contributed by atoms with Gasteiger partial charge in [0.25, 0.3) is 0 Å². The molecular formula is C18H22ClN. The Morgan fingerprint density at radius 3 is 2.30 bits per heavy atom. The van der Waals surface area contributed by atoms with Gasteiger partial charge < -0.3 is 5.32 Å². The van der Waals surface area contributed by atoms with Crippen molar-refractivity contribution in [3.8, 4) is 0 Å². The molecule has 0 amide bonds. The van der Waals surface area contributed by atoms with Gasteiger partial charge in [-0.3, -0.25) is 0 Å². The molecule has 0 saturated carbocycles. The Morgan fingerprint density at radius 2 is 1.70 bits per heavy atom. The fraction of sp³-hybridized carbons (Fsp3) is 0.333. The van der Waals surface area contributed by atoms with E-state index in [0.717, 1.165) is 17.0 Å². The van der Waals surface area contributed by atoms with Gasteiger partial charge in [-0.2, -0.15) is 0 Å². The number of aryl methyl sites for hydroxylation is 2. The second kappa shape index (κ2) is 6.43. The number of nitrogens with one attached hydrogen (secondary N) is 1. The molecule has 0 aliphatic carbocycles. The van der Waals surface area contributed by atoms with Crippen LogP contribution in [0.4, 0.5) is 0 Å². The van der Waals surface area contributed by atoms with Gasteiger partial charge in [0.05, 0.1) is 0 Å². The summed E-state index contributed by atoms with van der Waals surface area (Å²) in [7, 11) is 2.01. The van der Waals surface area contributed by atoms with Gasteiger partial charge in [0.1, 0.15) is 0 Å². The number of benzene rings is 2. The molecule has 0 spiro atoms. The third kappa shape index (κ3) is 3.41. The van der Waals surface area contributed by atoms with Crippen LogP contribution in [0, 0.1) is 20.8 Å². The van der Waals surface area contributed by atoms with Crippen molar-refractivity contribution in [3.05, 3.63) is 69.2 Å². The van der Waals surface area contributed by atoms with E-state index in [1.54, 1.807) is 0 Å². The smallest absolute Gasteiger partial charge is 0.0438 e. The largest absolute Gasteiger partial charge is 0.313 e. The van der Waals surface area contributed by atoms with Crippen molar-refractivity contribution in [2.75, 3.05) is 7.05 Å². The summed E-state index contributed by atoms with van der Waals surface area (Å²) in [6.07, 6.45) is 0.972. The van der Waals surface area contributed by atoms with Crippen molar-refractivity contribution >= 4 is 11.6 Å². The predicted octanol–water partition coefficient (Wildman–Crippen LogP) is 4.77. The number of hydrogen-bond acceptors (Lipinski definition) is 1. The highest BCUT2D eigenvalue weighted by Gasteiger charge is 2.14. The normalized spacial score (nSPS) is 12.4. The lowest BCUT2D eigenvalue weighted by molar-refractivity contribution is 0.588. The molecule has 1 unspecified atom stereocenters. The number of rotatable bonds is 4. The zero-order valence-electron chi connectivity index (χ0n) is 12.6. The molecule has 20 heavy (non-hydrogen) atoms. The van der Waals surface area contributed by atoms with E-state index in [4.69, 9.17) is 11.6 Å². The first-order chi connectivity index (χ1) is 9.51. The summed E-state index contributed by atoms with van der Waals surface area (Å²) >= 11 is 6.24. The highest BCUT2D eigenvalue weighted by atomic mass is 35.5. The third-order valence-corrected chi connectivity index (χ3v) is 4.16. The molecule has 0 saturated heterocycles. The van der Waals surface area contributed by atoms with Crippen LogP contribution in [0.5, 0.6) is 0 Å². The molecule has 0 radical (unpaired) electrons. The molecule has 1 nitrogen and oxygen atoms in total. The van der Waals surface area contributed by atoms with Gasteiger partial charge in [0.2, 0.25) is 0 Å². The Hall–Kier alpha value is -1.31. The average molecular weight is 288 g/mol. The maximum atomic E-state index is 6.24. The fourth-order valence-corrected chi connectivity index (χ4v) is 2.97. The minimum absolute atomic E-state index is 0.287. The van der Waals surface area contributed by atoms with Crippen LogP contribution in [0.25, 0.3) is 0 Å². The molecule has 2 aromatic rings. The second-order valence-corrected chi connectivity index (χ2v) is 5.90. The minimum atomic E-state index is 0.287. The number of halogens is 1. The van der Waals surface area contributed by atoms with Gasteiger partial charge in [-0.05, 0) is 57.0 Å². The number of likely N-dealkylation sites (N-methyl/N-ethyl adjacent to an activating group) is 1. The molecular weight excluding hydrogens is 266 g/mol. The SMILES string of the molecule is CNC(Cc1cc(C)cc(C)c1)c1cccc(Cl)c1C. The second-order valence-electron chi connectivity index (χ2n) is 5.50. The van der Waals surface area contributed by atoms with E-state index < -0.39 is 0 Å². The molecule has 0 bridgehead atoms. The van der Waals surface area contributed by atoms with Crippen LogP contribution >= 0.6 is 11.6 Å². The highest BCUT2D eigenvalue weighted by molar-refractivity contribution is 6.31. The molecule has 0 heterocycles. The molecule has 0 aliphatic heterocycles. The fourth-order valence-electron chi connectivity index (χ4n) is 2.79. The third-order valence-electron chi connectivity index (χ3n) is 3.75. The molecule has 2 rings (SSSR count). The first kappa shape index (κ1) is 15.1. The van der Waals surface area contributed by atoms with E-state index in [-0.39, 0.29) is 6.04 Å². The van der Waals surface area contributed by atoms with Gasteiger partial charge >= 0.3 is 0 Å². The predicted molar refractivity (Wildman–Crippen MR) is 87.6 cm³/mol. The lowest BCUT2D eigenvalue weighted by Crippen LogP contribution is -2.20. The van der Waals surface area contributed by atoms with E-state index in [1.165, 1.54) is 22.3 Å². The Labute approximate surface area is 127 Å². The first-order valence-corrected chi connectivity index (χ1v) is 7.38. The minimum Gasteiger partial charge on any atom is -0.313 e. The van der Waals surface area contributed by atoms with Crippen LogP contribution < -0.4 is 5.32 Å². The van der Waals surface area contributed by atoms with Crippen LogP contribution in [-0.4, -0.2) is 7.05 Å². The Bertz CT molecular complexity index is 584. The molecule has 2 aromatic carbocycles. The van der Waals surface area contributed by atoms with Crippen molar-refractivity contribution in [2.24, 2.45) is 0 Å². The molecule has 106 valence electrons. The molecule has 0 fully saturated rings. The van der Waals surface area contributed by atoms with Gasteiger partial charge in [-0.1, -0.05) is 53.1 Å². The van der Waals surface area contributed by atoms with Crippen molar-refractivity contribution in [1.82, 2.24) is 5.32 Å². The average Bonchev–Trinajstić information content (AvgIpc) is 2.38. The highest BCUT2D eigenvalue weighted by Crippen LogP contribution is 2.27. The summed E-state index contributed by atoms with van der Waals surface area (Å²) in [5, 5.41) is 4.25. The van der Waals surface area contributed by atoms with Gasteiger partial charge in [0, 0.05) is 11.1 Å². The van der Waals surface area contributed by atoms with Crippen LogP contribution in [0.3, 0.4) is 0 Å². The van der Waals surface area contributed by atoms with Crippen LogP contribution in [0.2, 0.25) is 5.02 Å². The zero-order valence-corrected chi connectivity index (χ0v) is 13.4. The standard InChI is InChI=1S/C18H22ClN/c1-12-8-13(2)10-15(9-12)11-18(20-4)16-6-5-7-17(19)14(16)3/h5-10,18,20H,11H2,1-4H3. The quantitative estimate of drug-likeness (QED) is 0.854. The van der Waals surface area contributed by atoms with Crippen molar-refractivity contribution in [1.29, 1.82) is 0 Å². The van der Waals surface area contributed by atoms with Crippen molar-refractivity contribution in [3.63, 3.8) is 0 Å². The summed E-state index contributed by atoms with van der Waals surface area (Å²) in [6.45, 7) is 6.38. The summed E-state index contributed by atoms with van der Waals surface area (Å²) in [6, 6.07) is 13.2. The molecule has 0 aromatic heterocycles. The maximum absolute atomic E-state index is 6.24. The summed E-state index contributed by atoms with van der Waals surface area (Å²) in [5.74, 6) is 0. The van der Waals surface area contributed by atoms with Gasteiger partial charge in [0.15, 0.2) is 0 Å². The molecule has 2 heteroatoms. The Kier molecular flexibility index (Phi) is 4.85. The Balaban J connectivity index is 2.31. The van der Waals surface area contributed by atoms with Crippen LogP contribution in [-0.2, 0) is 6.42 Å². The van der Waals surface area contributed by atoms with E-state index in [9.17, 15) is 0 Å². The monoisotopic (exact) mass is 287 g/mol. The van der Waals surface area contributed by atoms with Gasteiger partial charge in [-0.15, -0.1) is 0 Å². The van der Waals surface area contributed by atoms with E-state index in [0.29, 0.717) is 0 Å². The topological polar surface area (TPSA) is 12.0 Å². The van der Waals surface area contributed by atoms with Crippen LogP contribution in [0.15, 0.2) is 36.4 Å². The maximum Gasteiger partial charge on any atom is 0.0438 e. The Morgan fingerprint density at radius 1 is 1.05 bits per heavy atom. The first-order valence-electron chi connectivity index (χ1n) is 7.00. The van der Waals surface area contributed by atoms with E-state index in [2.05, 4.69) is 50.4 Å². The van der Waals surface area contributed by atoms with Crippen LogP contribution in [0.1, 0.15) is 33.9 Å². The van der Waals surface area contributed by atoms with Gasteiger partial charge in [-0.25, -0.2) is 0 Å². The van der Waals surface area contributed by atoms with E-state index in [1.807, 2.05) is 19.2 Å². The summed E-state index contributed by atoms with van der Waals surface area (Å²) in [5.41, 5.74) is 6.44. The van der Waals surface area contributed by atoms with Crippen molar-refractivity contribution in [2.45, 2.75) is 33.2 Å². The lowest BCUT2D eigenvalue weighted by atomic mass is 9.94. The molecule has 0 aliphatic rings.